The van der Waals surface area contributed by atoms with Crippen LogP contribution in [0.5, 0.6) is 5.75 Å². The van der Waals surface area contributed by atoms with Crippen molar-refractivity contribution in [3.63, 3.8) is 0 Å². The average molecular weight is 221 g/mol. The van der Waals surface area contributed by atoms with Crippen LogP contribution in [0.25, 0.3) is 10.1 Å². The van der Waals surface area contributed by atoms with E-state index in [2.05, 4.69) is 18.7 Å². The normalized spacial score (nSPS) is 10.1. The van der Waals surface area contributed by atoms with E-state index in [4.69, 9.17) is 10.00 Å². The molecule has 2 rings (SSSR count). The monoisotopic (exact) mass is 221 g/mol. The first-order valence-corrected chi connectivity index (χ1v) is 5.22. The summed E-state index contributed by atoms with van der Waals surface area (Å²) in [5.74, 6) is 0.796. The minimum Gasteiger partial charge on any atom is -0.495 e. The van der Waals surface area contributed by atoms with Crippen LogP contribution < -0.4 is 4.74 Å². The van der Waals surface area contributed by atoms with Crippen molar-refractivity contribution in [2.24, 2.45) is 0 Å². The maximum Gasteiger partial charge on any atom is 0.136 e. The quantitative estimate of drug-likeness (QED) is 0.751. The van der Waals surface area contributed by atoms with Crippen molar-refractivity contribution in [3.8, 4) is 11.8 Å². The molecule has 0 radical (unpaired) electrons. The van der Waals surface area contributed by atoms with Crippen LogP contribution in [0.2, 0.25) is 0 Å². The lowest BCUT2D eigenvalue weighted by molar-refractivity contribution is 0.420. The van der Waals surface area contributed by atoms with E-state index in [9.17, 15) is 0 Å². The molecule has 0 amide bonds. The van der Waals surface area contributed by atoms with Crippen molar-refractivity contribution >= 4 is 34.1 Å². The molecule has 0 aliphatic rings. The number of thiophene rings is 1. The highest BCUT2D eigenvalue weighted by atomic mass is 32.1. The molecule has 2 aromatic rings. The predicted octanol–water partition coefficient (Wildman–Crippen LogP) is 3.07. The van der Waals surface area contributed by atoms with Crippen molar-refractivity contribution in [2.75, 3.05) is 7.11 Å². The molecule has 2 nitrogen and oxygen atoms in total. The van der Waals surface area contributed by atoms with E-state index in [-0.39, 0.29) is 0 Å². The third-order valence-electron chi connectivity index (χ3n) is 1.95. The zero-order chi connectivity index (χ0) is 10.1. The Balaban J connectivity index is 2.83. The maximum atomic E-state index is 8.79. The molecule has 0 bridgehead atoms. The van der Waals surface area contributed by atoms with Gasteiger partial charge in [0.1, 0.15) is 16.7 Å². The molecule has 0 atom stereocenters. The number of hydrogen-bond donors (Lipinski definition) is 1. The lowest BCUT2D eigenvalue weighted by Gasteiger charge is -2.01. The van der Waals surface area contributed by atoms with Crippen molar-refractivity contribution in [1.29, 1.82) is 5.26 Å². The van der Waals surface area contributed by atoms with E-state index >= 15 is 0 Å². The summed E-state index contributed by atoms with van der Waals surface area (Å²) in [5.41, 5.74) is 0. The van der Waals surface area contributed by atoms with Gasteiger partial charge in [-0.15, -0.1) is 24.0 Å². The minimum absolute atomic E-state index is 0.680. The Labute approximate surface area is 91.1 Å². The van der Waals surface area contributed by atoms with E-state index < -0.39 is 0 Å². The van der Waals surface area contributed by atoms with Crippen LogP contribution in [0.3, 0.4) is 0 Å². The third kappa shape index (κ3) is 1.35. The summed E-state index contributed by atoms with van der Waals surface area (Å²) in [6, 6.07) is 7.70. The van der Waals surface area contributed by atoms with Gasteiger partial charge < -0.3 is 4.74 Å². The first-order chi connectivity index (χ1) is 6.76. The molecular formula is C10H7NOS2. The van der Waals surface area contributed by atoms with Gasteiger partial charge in [0, 0.05) is 10.3 Å². The number of benzene rings is 1. The summed E-state index contributed by atoms with van der Waals surface area (Å²) in [7, 11) is 1.62. The van der Waals surface area contributed by atoms with Gasteiger partial charge in [-0.2, -0.15) is 5.26 Å². The number of ether oxygens (including phenoxy) is 1. The zero-order valence-corrected chi connectivity index (χ0v) is 9.15. The second-order valence-electron chi connectivity index (χ2n) is 2.75. The predicted molar refractivity (Wildman–Crippen MR) is 60.3 cm³/mol. The van der Waals surface area contributed by atoms with Crippen LogP contribution in [0.4, 0.5) is 0 Å². The van der Waals surface area contributed by atoms with Gasteiger partial charge >= 0.3 is 0 Å². The van der Waals surface area contributed by atoms with Crippen LogP contribution >= 0.6 is 24.0 Å². The summed E-state index contributed by atoms with van der Waals surface area (Å²) >= 11 is 5.76. The summed E-state index contributed by atoms with van der Waals surface area (Å²) in [4.78, 5) is 1.55. The molecule has 0 N–H and O–H groups in total. The molecule has 1 aromatic heterocycles. The van der Waals surface area contributed by atoms with E-state index in [1.165, 1.54) is 11.3 Å². The Kier molecular flexibility index (Phi) is 2.36. The standard InChI is InChI=1S/C10H7NOS2/c1-12-8-2-3-9(13)7-4-6(5-11)14-10(7)8/h2-4,13H,1H3. The van der Waals surface area contributed by atoms with Crippen LogP contribution in [-0.4, -0.2) is 7.11 Å². The fourth-order valence-electron chi connectivity index (χ4n) is 1.30. The number of nitriles is 1. The van der Waals surface area contributed by atoms with Crippen LogP contribution in [0.15, 0.2) is 23.1 Å². The van der Waals surface area contributed by atoms with Gasteiger partial charge in [-0.25, -0.2) is 0 Å². The summed E-state index contributed by atoms with van der Waals surface area (Å²) in [6.07, 6.45) is 0. The second kappa shape index (κ2) is 3.52. The Morgan fingerprint density at radius 3 is 2.93 bits per heavy atom. The SMILES string of the molecule is COc1ccc(S)c2cc(C#N)sc12. The van der Waals surface area contributed by atoms with Gasteiger partial charge in [0.2, 0.25) is 0 Å². The van der Waals surface area contributed by atoms with Crippen molar-refractivity contribution in [2.45, 2.75) is 4.90 Å². The Morgan fingerprint density at radius 2 is 2.29 bits per heavy atom. The Hall–Kier alpha value is -1.18. The molecule has 0 saturated heterocycles. The molecule has 4 heteroatoms. The molecule has 0 spiro atoms. The Bertz CT molecular complexity index is 525. The number of methoxy groups -OCH3 is 1. The largest absolute Gasteiger partial charge is 0.495 e. The van der Waals surface area contributed by atoms with Crippen molar-refractivity contribution in [3.05, 3.63) is 23.1 Å². The minimum atomic E-state index is 0.680. The maximum absolute atomic E-state index is 8.79. The number of thiol groups is 1. The van der Waals surface area contributed by atoms with Gasteiger partial charge in [-0.05, 0) is 18.2 Å². The highest BCUT2D eigenvalue weighted by Crippen LogP contribution is 2.36. The zero-order valence-electron chi connectivity index (χ0n) is 7.44. The average Bonchev–Trinajstić information content (AvgIpc) is 2.63. The van der Waals surface area contributed by atoms with Gasteiger partial charge in [0.05, 0.1) is 11.8 Å². The second-order valence-corrected chi connectivity index (χ2v) is 4.29. The van der Waals surface area contributed by atoms with E-state index in [1.54, 1.807) is 7.11 Å². The molecular weight excluding hydrogens is 214 g/mol. The van der Waals surface area contributed by atoms with Gasteiger partial charge in [-0.3, -0.25) is 0 Å². The molecule has 0 unspecified atom stereocenters. The van der Waals surface area contributed by atoms with E-state index in [1.807, 2.05) is 18.2 Å². The summed E-state index contributed by atoms with van der Waals surface area (Å²) in [6.45, 7) is 0. The van der Waals surface area contributed by atoms with Crippen molar-refractivity contribution in [1.82, 2.24) is 0 Å². The molecule has 0 aliphatic heterocycles. The topological polar surface area (TPSA) is 33.0 Å². The highest BCUT2D eigenvalue weighted by Gasteiger charge is 2.08. The fourth-order valence-corrected chi connectivity index (χ4v) is 2.60. The van der Waals surface area contributed by atoms with E-state index in [0.29, 0.717) is 4.88 Å². The molecule has 1 heterocycles. The third-order valence-corrected chi connectivity index (χ3v) is 3.40. The van der Waals surface area contributed by atoms with Gasteiger partial charge in [0.15, 0.2) is 0 Å². The number of nitrogens with zero attached hydrogens (tertiary/aromatic N) is 1. The number of hydrogen-bond acceptors (Lipinski definition) is 4. The smallest absolute Gasteiger partial charge is 0.136 e. The molecule has 0 aliphatic carbocycles. The van der Waals surface area contributed by atoms with Gasteiger partial charge in [0.25, 0.3) is 0 Å². The Morgan fingerprint density at radius 1 is 1.50 bits per heavy atom. The summed E-state index contributed by atoms with van der Waals surface area (Å²) < 4.78 is 6.19. The molecule has 1 aromatic carbocycles. The number of rotatable bonds is 1. The lowest BCUT2D eigenvalue weighted by atomic mass is 10.2. The molecule has 0 saturated carbocycles. The van der Waals surface area contributed by atoms with Crippen LogP contribution in [0, 0.1) is 11.3 Å². The summed E-state index contributed by atoms with van der Waals surface area (Å²) in [5, 5.41) is 9.77. The van der Waals surface area contributed by atoms with Gasteiger partial charge in [-0.1, -0.05) is 0 Å². The first-order valence-electron chi connectivity index (χ1n) is 3.96. The van der Waals surface area contributed by atoms with E-state index in [0.717, 1.165) is 20.7 Å². The molecule has 0 fully saturated rings. The van der Waals surface area contributed by atoms with Crippen LogP contribution in [-0.2, 0) is 0 Å². The molecule has 14 heavy (non-hydrogen) atoms. The van der Waals surface area contributed by atoms with Crippen molar-refractivity contribution < 1.29 is 4.74 Å². The molecule has 70 valence electrons. The first kappa shape index (κ1) is 9.38. The fraction of sp³-hybridized carbons (Fsp3) is 0.100. The van der Waals surface area contributed by atoms with Crippen LogP contribution in [0.1, 0.15) is 4.88 Å². The number of fused-ring (bicyclic) bond motifs is 1. The highest BCUT2D eigenvalue weighted by molar-refractivity contribution is 7.80. The lowest BCUT2D eigenvalue weighted by Crippen LogP contribution is -1.81.